The molecule has 1 aromatic rings. The van der Waals surface area contributed by atoms with E-state index in [4.69, 9.17) is 5.73 Å². The van der Waals surface area contributed by atoms with E-state index < -0.39 is 0 Å². The molecule has 0 amide bonds. The number of hydrogen-bond donors (Lipinski definition) is 1. The first kappa shape index (κ1) is 10.6. The number of aromatic nitrogens is 3. The number of nitrogens with zero attached hydrogens (tertiary/aromatic N) is 3. The van der Waals surface area contributed by atoms with E-state index in [9.17, 15) is 0 Å². The lowest BCUT2D eigenvalue weighted by Gasteiger charge is -2.12. The summed E-state index contributed by atoms with van der Waals surface area (Å²) in [6.07, 6.45) is 5.27. The zero-order valence-electron chi connectivity index (χ0n) is 9.56. The number of rotatable bonds is 5. The third-order valence-electron chi connectivity index (χ3n) is 2.90. The molecule has 4 heteroatoms. The van der Waals surface area contributed by atoms with Crippen LogP contribution in [0.15, 0.2) is 6.33 Å². The van der Waals surface area contributed by atoms with Crippen LogP contribution in [0.25, 0.3) is 0 Å². The molecule has 2 N–H and O–H groups in total. The predicted molar refractivity (Wildman–Crippen MR) is 59.3 cm³/mol. The topological polar surface area (TPSA) is 56.7 Å². The Hall–Kier alpha value is -0.900. The first-order valence-electron chi connectivity index (χ1n) is 5.79. The molecule has 1 aliphatic carbocycles. The van der Waals surface area contributed by atoms with Gasteiger partial charge in [0.2, 0.25) is 0 Å². The minimum atomic E-state index is 0.278. The maximum Gasteiger partial charge on any atom is 0.134 e. The molecule has 1 aliphatic rings. The van der Waals surface area contributed by atoms with Crippen molar-refractivity contribution in [3.8, 4) is 0 Å². The Kier molecular flexibility index (Phi) is 3.05. The Balaban J connectivity index is 1.97. The Bertz CT molecular complexity index is 314. The van der Waals surface area contributed by atoms with Crippen molar-refractivity contribution in [1.82, 2.24) is 14.8 Å². The second kappa shape index (κ2) is 4.31. The van der Waals surface area contributed by atoms with E-state index in [2.05, 4.69) is 28.6 Å². The lowest BCUT2D eigenvalue weighted by molar-refractivity contribution is 0.486. The van der Waals surface area contributed by atoms with Crippen molar-refractivity contribution in [3.63, 3.8) is 0 Å². The van der Waals surface area contributed by atoms with Gasteiger partial charge in [0.15, 0.2) is 0 Å². The first-order chi connectivity index (χ1) is 7.16. The summed E-state index contributed by atoms with van der Waals surface area (Å²) in [6.45, 7) is 5.38. The molecule has 0 saturated heterocycles. The standard InChI is InChI=1S/C11H20N4/c1-8(2)6-15-7-13-14-11(15)5-10(12)9-3-4-9/h7-10H,3-6,12H2,1-2H3. The van der Waals surface area contributed by atoms with Crippen LogP contribution in [-0.4, -0.2) is 20.8 Å². The van der Waals surface area contributed by atoms with Gasteiger partial charge in [0.1, 0.15) is 12.2 Å². The number of hydrogen-bond acceptors (Lipinski definition) is 3. The van der Waals surface area contributed by atoms with Crippen LogP contribution in [0.5, 0.6) is 0 Å². The van der Waals surface area contributed by atoms with Crippen LogP contribution in [0.1, 0.15) is 32.5 Å². The van der Waals surface area contributed by atoms with Crippen LogP contribution in [-0.2, 0) is 13.0 Å². The third kappa shape index (κ3) is 2.78. The summed E-state index contributed by atoms with van der Waals surface area (Å²) >= 11 is 0. The molecule has 1 heterocycles. The maximum atomic E-state index is 6.09. The minimum absolute atomic E-state index is 0.278. The summed E-state index contributed by atoms with van der Waals surface area (Å²) in [5, 5.41) is 8.12. The highest BCUT2D eigenvalue weighted by Gasteiger charge is 2.29. The summed E-state index contributed by atoms with van der Waals surface area (Å²) in [6, 6.07) is 0.278. The van der Waals surface area contributed by atoms with Crippen molar-refractivity contribution >= 4 is 0 Å². The molecule has 1 aromatic heterocycles. The van der Waals surface area contributed by atoms with Crippen LogP contribution in [0.4, 0.5) is 0 Å². The smallest absolute Gasteiger partial charge is 0.134 e. The summed E-state index contributed by atoms with van der Waals surface area (Å²) < 4.78 is 2.13. The van der Waals surface area contributed by atoms with Crippen molar-refractivity contribution in [1.29, 1.82) is 0 Å². The third-order valence-corrected chi connectivity index (χ3v) is 2.90. The molecule has 1 fully saturated rings. The second-order valence-corrected chi connectivity index (χ2v) is 5.00. The van der Waals surface area contributed by atoms with Crippen LogP contribution in [0, 0.1) is 11.8 Å². The van der Waals surface area contributed by atoms with Gasteiger partial charge < -0.3 is 10.3 Å². The molecule has 2 rings (SSSR count). The van der Waals surface area contributed by atoms with Gasteiger partial charge in [-0.1, -0.05) is 13.8 Å². The van der Waals surface area contributed by atoms with Gasteiger partial charge >= 0.3 is 0 Å². The van der Waals surface area contributed by atoms with E-state index in [0.29, 0.717) is 5.92 Å². The lowest BCUT2D eigenvalue weighted by Crippen LogP contribution is -2.27. The summed E-state index contributed by atoms with van der Waals surface area (Å²) in [7, 11) is 0. The van der Waals surface area contributed by atoms with Gasteiger partial charge in [0, 0.05) is 19.0 Å². The Morgan fingerprint density at radius 3 is 2.87 bits per heavy atom. The fourth-order valence-electron chi connectivity index (χ4n) is 1.88. The van der Waals surface area contributed by atoms with Gasteiger partial charge in [-0.3, -0.25) is 0 Å². The van der Waals surface area contributed by atoms with Crippen LogP contribution >= 0.6 is 0 Å². The van der Waals surface area contributed by atoms with E-state index in [1.807, 2.05) is 6.33 Å². The normalized spacial score (nSPS) is 18.4. The zero-order valence-corrected chi connectivity index (χ0v) is 9.56. The molecular formula is C11H20N4. The molecule has 15 heavy (non-hydrogen) atoms. The van der Waals surface area contributed by atoms with E-state index in [1.54, 1.807) is 0 Å². The highest BCUT2D eigenvalue weighted by atomic mass is 15.3. The van der Waals surface area contributed by atoms with Crippen molar-refractivity contribution in [2.24, 2.45) is 17.6 Å². The average molecular weight is 208 g/mol. The van der Waals surface area contributed by atoms with Gasteiger partial charge in [-0.15, -0.1) is 10.2 Å². The lowest BCUT2D eigenvalue weighted by atomic mass is 10.1. The zero-order chi connectivity index (χ0) is 10.8. The molecule has 0 spiro atoms. The fraction of sp³-hybridized carbons (Fsp3) is 0.818. The Labute approximate surface area is 90.9 Å². The summed E-state index contributed by atoms with van der Waals surface area (Å²) in [4.78, 5) is 0. The van der Waals surface area contributed by atoms with Gasteiger partial charge in [-0.05, 0) is 24.7 Å². The van der Waals surface area contributed by atoms with Crippen LogP contribution < -0.4 is 5.73 Å². The molecule has 1 atom stereocenters. The summed E-state index contributed by atoms with van der Waals surface area (Å²) in [5.74, 6) is 2.40. The predicted octanol–water partition coefficient (Wildman–Crippen LogP) is 1.21. The molecule has 0 radical (unpaired) electrons. The van der Waals surface area contributed by atoms with E-state index in [1.165, 1.54) is 12.8 Å². The van der Waals surface area contributed by atoms with E-state index in [0.717, 1.165) is 24.7 Å². The molecule has 0 bridgehead atoms. The molecule has 84 valence electrons. The van der Waals surface area contributed by atoms with Crippen molar-refractivity contribution < 1.29 is 0 Å². The first-order valence-corrected chi connectivity index (χ1v) is 5.79. The Morgan fingerprint density at radius 1 is 1.53 bits per heavy atom. The largest absolute Gasteiger partial charge is 0.327 e. The van der Waals surface area contributed by atoms with Crippen LogP contribution in [0.2, 0.25) is 0 Å². The Morgan fingerprint density at radius 2 is 2.27 bits per heavy atom. The molecule has 1 saturated carbocycles. The highest BCUT2D eigenvalue weighted by molar-refractivity contribution is 4.95. The molecule has 0 aromatic carbocycles. The van der Waals surface area contributed by atoms with Gasteiger partial charge in [0.05, 0.1) is 0 Å². The second-order valence-electron chi connectivity index (χ2n) is 5.00. The quantitative estimate of drug-likeness (QED) is 0.791. The van der Waals surface area contributed by atoms with E-state index >= 15 is 0 Å². The van der Waals surface area contributed by atoms with Crippen LogP contribution in [0.3, 0.4) is 0 Å². The molecular weight excluding hydrogens is 188 g/mol. The van der Waals surface area contributed by atoms with Gasteiger partial charge in [-0.2, -0.15) is 0 Å². The SMILES string of the molecule is CC(C)Cn1cnnc1CC(N)C1CC1. The van der Waals surface area contributed by atoms with E-state index in [-0.39, 0.29) is 6.04 Å². The van der Waals surface area contributed by atoms with Crippen molar-refractivity contribution in [3.05, 3.63) is 12.2 Å². The minimum Gasteiger partial charge on any atom is -0.327 e. The van der Waals surface area contributed by atoms with Crippen molar-refractivity contribution in [2.45, 2.75) is 45.7 Å². The average Bonchev–Trinajstić information content (AvgIpc) is 2.92. The monoisotopic (exact) mass is 208 g/mol. The van der Waals surface area contributed by atoms with Gasteiger partial charge in [-0.25, -0.2) is 0 Å². The number of nitrogens with two attached hydrogens (primary N) is 1. The fourth-order valence-corrected chi connectivity index (χ4v) is 1.88. The summed E-state index contributed by atoms with van der Waals surface area (Å²) in [5.41, 5.74) is 6.09. The molecule has 0 aliphatic heterocycles. The maximum absolute atomic E-state index is 6.09. The molecule has 4 nitrogen and oxygen atoms in total. The van der Waals surface area contributed by atoms with Crippen molar-refractivity contribution in [2.75, 3.05) is 0 Å². The molecule has 1 unspecified atom stereocenters. The van der Waals surface area contributed by atoms with Gasteiger partial charge in [0.25, 0.3) is 0 Å². The highest BCUT2D eigenvalue weighted by Crippen LogP contribution is 2.32.